The van der Waals surface area contributed by atoms with E-state index in [0.717, 1.165) is 28.9 Å². The molecule has 1 aromatic rings. The van der Waals surface area contributed by atoms with E-state index in [4.69, 9.17) is 5.73 Å². The number of rotatable bonds is 4. The summed E-state index contributed by atoms with van der Waals surface area (Å²) in [6, 6.07) is 0.638. The number of hydrogen-bond donors (Lipinski definition) is 1. The summed E-state index contributed by atoms with van der Waals surface area (Å²) in [7, 11) is 2.10. The highest BCUT2D eigenvalue weighted by molar-refractivity contribution is 9.10. The summed E-state index contributed by atoms with van der Waals surface area (Å²) in [4.78, 5) is 8.86. The maximum atomic E-state index is 6.02. The van der Waals surface area contributed by atoms with E-state index in [1.807, 2.05) is 0 Å². The van der Waals surface area contributed by atoms with Crippen LogP contribution >= 0.6 is 15.9 Å². The number of pyridine rings is 1. The molecule has 0 amide bonds. The van der Waals surface area contributed by atoms with Crippen LogP contribution in [-0.2, 0) is 0 Å². The maximum Gasteiger partial charge on any atom is 0.0773 e. The summed E-state index contributed by atoms with van der Waals surface area (Å²) < 4.78 is 0.964. The van der Waals surface area contributed by atoms with E-state index < -0.39 is 0 Å². The molecule has 100 valence electrons. The average Bonchev–Trinajstić information content (AvgIpc) is 2.76. The molecule has 5 heteroatoms. The molecule has 1 unspecified atom stereocenters. The van der Waals surface area contributed by atoms with Crippen molar-refractivity contribution in [1.82, 2.24) is 9.88 Å². The molecule has 0 radical (unpaired) electrons. The fourth-order valence-electron chi connectivity index (χ4n) is 2.77. The first-order valence-corrected chi connectivity index (χ1v) is 7.27. The largest absolute Gasteiger partial charge is 0.396 e. The molecule has 2 rings (SSSR count). The third-order valence-electron chi connectivity index (χ3n) is 3.67. The van der Waals surface area contributed by atoms with E-state index in [2.05, 4.69) is 44.7 Å². The summed E-state index contributed by atoms with van der Waals surface area (Å²) in [6.07, 6.45) is 6.09. The van der Waals surface area contributed by atoms with E-state index in [-0.39, 0.29) is 0 Å². The minimum absolute atomic E-state index is 0.638. The van der Waals surface area contributed by atoms with Gasteiger partial charge in [0.05, 0.1) is 22.0 Å². The standard InChI is InChI=1S/C13H21BrN4/c1-3-18-6-4-5-10(18)9-17(2)13-11(14)7-16-8-12(13)15/h7-8,10H,3-6,9,15H2,1-2H3. The third-order valence-corrected chi connectivity index (χ3v) is 4.25. The quantitative estimate of drug-likeness (QED) is 0.927. The monoisotopic (exact) mass is 312 g/mol. The number of aromatic nitrogens is 1. The zero-order valence-corrected chi connectivity index (χ0v) is 12.7. The zero-order chi connectivity index (χ0) is 13.1. The second-order valence-corrected chi connectivity index (χ2v) is 5.72. The lowest BCUT2D eigenvalue weighted by Gasteiger charge is -2.30. The minimum atomic E-state index is 0.638. The van der Waals surface area contributed by atoms with Crippen LogP contribution in [0.1, 0.15) is 19.8 Å². The van der Waals surface area contributed by atoms with Crippen molar-refractivity contribution >= 4 is 27.3 Å². The Bertz CT molecular complexity index is 390. The second kappa shape index (κ2) is 5.89. The van der Waals surface area contributed by atoms with Crippen molar-refractivity contribution < 1.29 is 0 Å². The first-order chi connectivity index (χ1) is 8.63. The predicted octanol–water partition coefficient (Wildman–Crippen LogP) is 2.35. The minimum Gasteiger partial charge on any atom is -0.396 e. The second-order valence-electron chi connectivity index (χ2n) is 4.86. The van der Waals surface area contributed by atoms with E-state index in [1.165, 1.54) is 19.4 Å². The van der Waals surface area contributed by atoms with Gasteiger partial charge in [0.1, 0.15) is 0 Å². The molecule has 2 N–H and O–H groups in total. The average molecular weight is 313 g/mol. The van der Waals surface area contributed by atoms with Crippen LogP contribution in [0, 0.1) is 0 Å². The summed E-state index contributed by atoms with van der Waals surface area (Å²) in [5.41, 5.74) is 7.79. The normalized spacial score (nSPS) is 20.3. The third kappa shape index (κ3) is 2.78. The Labute approximate surface area is 117 Å². The molecule has 4 nitrogen and oxygen atoms in total. The van der Waals surface area contributed by atoms with Crippen molar-refractivity contribution in [3.8, 4) is 0 Å². The summed E-state index contributed by atoms with van der Waals surface area (Å²) in [5.74, 6) is 0. The van der Waals surface area contributed by atoms with Gasteiger partial charge in [0.25, 0.3) is 0 Å². The Morgan fingerprint density at radius 3 is 3.00 bits per heavy atom. The molecule has 0 bridgehead atoms. The molecule has 0 aromatic carbocycles. The highest BCUT2D eigenvalue weighted by Crippen LogP contribution is 2.31. The number of nitrogen functional groups attached to an aromatic ring is 1. The fraction of sp³-hybridized carbons (Fsp3) is 0.615. The number of likely N-dealkylation sites (tertiary alicyclic amines) is 1. The van der Waals surface area contributed by atoms with Crippen LogP contribution in [0.3, 0.4) is 0 Å². The van der Waals surface area contributed by atoms with E-state index >= 15 is 0 Å². The van der Waals surface area contributed by atoms with Crippen molar-refractivity contribution in [1.29, 1.82) is 0 Å². The van der Waals surface area contributed by atoms with E-state index in [1.54, 1.807) is 12.4 Å². The molecule has 0 spiro atoms. The smallest absolute Gasteiger partial charge is 0.0773 e. The number of nitrogens with two attached hydrogens (primary N) is 1. The summed E-state index contributed by atoms with van der Waals surface area (Å²) in [6.45, 7) is 5.60. The van der Waals surface area contributed by atoms with Crippen LogP contribution in [0.15, 0.2) is 16.9 Å². The van der Waals surface area contributed by atoms with Crippen molar-refractivity contribution in [2.45, 2.75) is 25.8 Å². The highest BCUT2D eigenvalue weighted by atomic mass is 79.9. The molecule has 1 atom stereocenters. The van der Waals surface area contributed by atoms with Gasteiger partial charge >= 0.3 is 0 Å². The molecule has 18 heavy (non-hydrogen) atoms. The van der Waals surface area contributed by atoms with Crippen LogP contribution in [0.4, 0.5) is 11.4 Å². The van der Waals surface area contributed by atoms with Crippen molar-refractivity contribution in [2.24, 2.45) is 0 Å². The molecular formula is C13H21BrN4. The van der Waals surface area contributed by atoms with Gasteiger partial charge in [0, 0.05) is 25.8 Å². The molecule has 1 aromatic heterocycles. The van der Waals surface area contributed by atoms with Gasteiger partial charge in [0.15, 0.2) is 0 Å². The van der Waals surface area contributed by atoms with Crippen molar-refractivity contribution in [2.75, 3.05) is 37.3 Å². The van der Waals surface area contributed by atoms with Crippen LogP contribution in [-0.4, -0.2) is 42.6 Å². The SMILES string of the molecule is CCN1CCCC1CN(C)c1c(N)cncc1Br. The molecule has 1 fully saturated rings. The van der Waals surface area contributed by atoms with Crippen LogP contribution in [0.5, 0.6) is 0 Å². The highest BCUT2D eigenvalue weighted by Gasteiger charge is 2.25. The first kappa shape index (κ1) is 13.6. The molecule has 0 saturated carbocycles. The number of hydrogen-bond acceptors (Lipinski definition) is 4. The van der Waals surface area contributed by atoms with Crippen LogP contribution in [0.25, 0.3) is 0 Å². The zero-order valence-electron chi connectivity index (χ0n) is 11.1. The van der Waals surface area contributed by atoms with Crippen molar-refractivity contribution in [3.05, 3.63) is 16.9 Å². The number of likely N-dealkylation sites (N-methyl/N-ethyl adjacent to an activating group) is 2. The maximum absolute atomic E-state index is 6.02. The Kier molecular flexibility index (Phi) is 4.45. The van der Waals surface area contributed by atoms with Gasteiger partial charge < -0.3 is 10.6 Å². The molecule has 2 heterocycles. The fourth-order valence-corrected chi connectivity index (χ4v) is 3.42. The van der Waals surface area contributed by atoms with Crippen molar-refractivity contribution in [3.63, 3.8) is 0 Å². The predicted molar refractivity (Wildman–Crippen MR) is 79.9 cm³/mol. The molecule has 1 saturated heterocycles. The summed E-state index contributed by atoms with van der Waals surface area (Å²) in [5, 5.41) is 0. The van der Waals surface area contributed by atoms with Gasteiger partial charge in [-0.2, -0.15) is 0 Å². The topological polar surface area (TPSA) is 45.4 Å². The molecule has 1 aliphatic rings. The lowest BCUT2D eigenvalue weighted by molar-refractivity contribution is 0.270. The van der Waals surface area contributed by atoms with Gasteiger partial charge in [-0.1, -0.05) is 6.92 Å². The number of halogens is 1. The Morgan fingerprint density at radius 2 is 2.33 bits per heavy atom. The van der Waals surface area contributed by atoms with Gasteiger partial charge in [-0.15, -0.1) is 0 Å². The van der Waals surface area contributed by atoms with Gasteiger partial charge in [-0.3, -0.25) is 9.88 Å². The number of nitrogens with zero attached hydrogens (tertiary/aromatic N) is 3. The van der Waals surface area contributed by atoms with Crippen LogP contribution < -0.4 is 10.6 Å². The lowest BCUT2D eigenvalue weighted by Crippen LogP contribution is -2.39. The lowest BCUT2D eigenvalue weighted by atomic mass is 10.2. The van der Waals surface area contributed by atoms with Crippen LogP contribution in [0.2, 0.25) is 0 Å². The molecule has 1 aliphatic heterocycles. The first-order valence-electron chi connectivity index (χ1n) is 6.47. The van der Waals surface area contributed by atoms with Gasteiger partial charge in [0.2, 0.25) is 0 Å². The molecular weight excluding hydrogens is 292 g/mol. The Morgan fingerprint density at radius 1 is 1.56 bits per heavy atom. The van der Waals surface area contributed by atoms with E-state index in [0.29, 0.717) is 6.04 Å². The Hall–Kier alpha value is -0.810. The van der Waals surface area contributed by atoms with Gasteiger partial charge in [-0.05, 0) is 41.9 Å². The van der Waals surface area contributed by atoms with Gasteiger partial charge in [-0.25, -0.2) is 0 Å². The summed E-state index contributed by atoms with van der Waals surface area (Å²) >= 11 is 3.53. The number of anilines is 2. The molecule has 0 aliphatic carbocycles. The Balaban J connectivity index is 2.10. The van der Waals surface area contributed by atoms with E-state index in [9.17, 15) is 0 Å².